The summed E-state index contributed by atoms with van der Waals surface area (Å²) in [6.07, 6.45) is 3.20. The van der Waals surface area contributed by atoms with Crippen LogP contribution in [0, 0.1) is 0 Å². The van der Waals surface area contributed by atoms with Crippen molar-refractivity contribution >= 4 is 10.5 Å². The molecule has 0 fully saturated rings. The van der Waals surface area contributed by atoms with Crippen molar-refractivity contribution in [3.63, 3.8) is 0 Å². The summed E-state index contributed by atoms with van der Waals surface area (Å²) in [7, 11) is 0. The van der Waals surface area contributed by atoms with E-state index in [0.29, 0.717) is 5.56 Å². The van der Waals surface area contributed by atoms with Crippen LogP contribution in [0.3, 0.4) is 0 Å². The normalized spacial score (nSPS) is 8.23. The monoisotopic (exact) mass is 220 g/mol. The fraction of sp³-hybridized carbons (Fsp3) is 0.222. The van der Waals surface area contributed by atoms with Gasteiger partial charge in [-0.3, -0.25) is 9.78 Å². The van der Waals surface area contributed by atoms with Gasteiger partial charge in [0, 0.05) is 18.0 Å². The SMILES string of the molecule is CC(=O)c1cccnc1.C[C](=O)[Fe]. The first kappa shape index (κ1) is 12.0. The zero-order chi connectivity index (χ0) is 10.3. The molecule has 0 amide bonds. The van der Waals surface area contributed by atoms with E-state index in [2.05, 4.69) is 21.0 Å². The molecule has 0 unspecified atom stereocenters. The molecule has 0 bridgehead atoms. The minimum atomic E-state index is -0.0833. The Kier molecular flexibility index (Phi) is 6.02. The molecule has 71 valence electrons. The molecule has 0 saturated carbocycles. The van der Waals surface area contributed by atoms with Gasteiger partial charge in [-0.1, -0.05) is 0 Å². The van der Waals surface area contributed by atoms with Crippen LogP contribution in [0.25, 0.3) is 0 Å². The summed E-state index contributed by atoms with van der Waals surface area (Å²) < 4.78 is -0.0833. The van der Waals surface area contributed by atoms with Gasteiger partial charge in [0.2, 0.25) is 0 Å². The van der Waals surface area contributed by atoms with E-state index < -0.39 is 0 Å². The van der Waals surface area contributed by atoms with Gasteiger partial charge < -0.3 is 0 Å². The molecule has 0 aliphatic heterocycles. The molecule has 1 aromatic rings. The van der Waals surface area contributed by atoms with Crippen molar-refractivity contribution in [2.75, 3.05) is 0 Å². The van der Waals surface area contributed by atoms with Gasteiger partial charge in [0.1, 0.15) is 0 Å². The third kappa shape index (κ3) is 7.37. The molecule has 0 radical (unpaired) electrons. The predicted octanol–water partition coefficient (Wildman–Crippen LogP) is 1.36. The van der Waals surface area contributed by atoms with Gasteiger partial charge in [-0.25, -0.2) is 0 Å². The number of Topliss-reactive ketones (excluding diaryl/α,β-unsaturated/α-hetero) is 1. The van der Waals surface area contributed by atoms with Crippen LogP contribution >= 0.6 is 0 Å². The summed E-state index contributed by atoms with van der Waals surface area (Å²) in [6, 6.07) is 3.49. The van der Waals surface area contributed by atoms with Crippen LogP contribution in [0.15, 0.2) is 24.5 Å². The van der Waals surface area contributed by atoms with Crippen LogP contribution in [0.1, 0.15) is 24.2 Å². The summed E-state index contributed by atoms with van der Waals surface area (Å²) in [5.41, 5.74) is 0.664. The molecule has 0 spiro atoms. The molecule has 1 rings (SSSR count). The Hall–Kier alpha value is -0.991. The number of hydrogen-bond acceptors (Lipinski definition) is 3. The average molecular weight is 220 g/mol. The van der Waals surface area contributed by atoms with E-state index in [-0.39, 0.29) is 10.5 Å². The number of aromatic nitrogens is 1. The van der Waals surface area contributed by atoms with Crippen LogP contribution in [-0.2, 0) is 20.8 Å². The van der Waals surface area contributed by atoms with E-state index in [0.717, 1.165) is 0 Å². The second-order valence-electron chi connectivity index (χ2n) is 2.25. The molecule has 3 nitrogen and oxygen atoms in total. The van der Waals surface area contributed by atoms with E-state index >= 15 is 0 Å². The van der Waals surface area contributed by atoms with E-state index in [1.807, 2.05) is 0 Å². The summed E-state index contributed by atoms with van der Waals surface area (Å²) in [5.74, 6) is 0.0584. The van der Waals surface area contributed by atoms with Gasteiger partial charge in [-0.15, -0.1) is 0 Å². The predicted molar refractivity (Wildman–Crippen MR) is 44.9 cm³/mol. The van der Waals surface area contributed by atoms with Crippen molar-refractivity contribution in [1.29, 1.82) is 0 Å². The van der Waals surface area contributed by atoms with Crippen LogP contribution in [-0.4, -0.2) is 15.4 Å². The van der Waals surface area contributed by atoms with E-state index in [4.69, 9.17) is 0 Å². The van der Waals surface area contributed by atoms with E-state index in [1.165, 1.54) is 13.8 Å². The first-order valence-electron chi connectivity index (χ1n) is 3.60. The second kappa shape index (κ2) is 6.52. The first-order chi connectivity index (χ1) is 6.04. The molecular weight excluding hydrogens is 210 g/mol. The number of nitrogens with zero attached hydrogens (tertiary/aromatic N) is 1. The van der Waals surface area contributed by atoms with Gasteiger partial charge >= 0.3 is 32.4 Å². The minimum absolute atomic E-state index is 0.0584. The van der Waals surface area contributed by atoms with Crippen LogP contribution in [0.2, 0.25) is 0 Å². The molecule has 1 heterocycles. The fourth-order valence-electron chi connectivity index (χ4n) is 0.571. The Balaban J connectivity index is 0.000000310. The zero-order valence-corrected chi connectivity index (χ0v) is 8.53. The van der Waals surface area contributed by atoms with Crippen LogP contribution in [0.4, 0.5) is 0 Å². The molecule has 0 aliphatic carbocycles. The number of rotatable bonds is 1. The van der Waals surface area contributed by atoms with Gasteiger partial charge in [0.25, 0.3) is 0 Å². The quantitative estimate of drug-likeness (QED) is 0.530. The Morgan fingerprint density at radius 3 is 2.15 bits per heavy atom. The van der Waals surface area contributed by atoms with E-state index in [1.54, 1.807) is 24.5 Å². The number of carbonyl (C=O) groups is 2. The van der Waals surface area contributed by atoms with Crippen molar-refractivity contribution in [3.8, 4) is 0 Å². The van der Waals surface area contributed by atoms with Crippen LogP contribution < -0.4 is 0 Å². The van der Waals surface area contributed by atoms with Crippen LogP contribution in [0.5, 0.6) is 0 Å². The van der Waals surface area contributed by atoms with Gasteiger partial charge in [0.05, 0.1) is 0 Å². The molecule has 4 heteroatoms. The van der Waals surface area contributed by atoms with Gasteiger partial charge in [-0.2, -0.15) is 0 Å². The van der Waals surface area contributed by atoms with Crippen molar-refractivity contribution in [3.05, 3.63) is 30.1 Å². The Labute approximate surface area is 85.4 Å². The molecule has 0 saturated heterocycles. The summed E-state index contributed by atoms with van der Waals surface area (Å²) in [5, 5.41) is 0. The summed E-state index contributed by atoms with van der Waals surface area (Å²) >= 11 is 3.00. The van der Waals surface area contributed by atoms with Crippen molar-refractivity contribution in [1.82, 2.24) is 4.98 Å². The maximum absolute atomic E-state index is 10.6. The number of ketones is 1. The van der Waals surface area contributed by atoms with Crippen molar-refractivity contribution in [2.24, 2.45) is 0 Å². The molecule has 0 aliphatic rings. The van der Waals surface area contributed by atoms with E-state index in [9.17, 15) is 9.59 Å². The molecule has 0 N–H and O–H groups in total. The standard InChI is InChI=1S/C7H7NO.C2H3O.Fe/c1-6(9)7-3-2-4-8-5-7;1-2-3;/h2-5H,1H3;1H3;. The third-order valence-electron chi connectivity index (χ3n) is 1.07. The molecule has 13 heavy (non-hydrogen) atoms. The van der Waals surface area contributed by atoms with Crippen molar-refractivity contribution < 1.29 is 25.6 Å². The Morgan fingerprint density at radius 2 is 1.92 bits per heavy atom. The maximum atomic E-state index is 10.6. The molecule has 0 aromatic carbocycles. The third-order valence-corrected chi connectivity index (χ3v) is 1.07. The van der Waals surface area contributed by atoms with Crippen molar-refractivity contribution in [2.45, 2.75) is 13.8 Å². The fourth-order valence-corrected chi connectivity index (χ4v) is 0.571. The summed E-state index contributed by atoms with van der Waals surface area (Å²) in [6.45, 7) is 2.94. The first-order valence-corrected chi connectivity index (χ1v) is 4.15. The number of carbonyl (C=O) groups excluding carboxylic acids is 2. The molecule has 1 aromatic heterocycles. The zero-order valence-electron chi connectivity index (χ0n) is 7.43. The molecular formula is C9H10FeNO2. The summed E-state index contributed by atoms with van der Waals surface area (Å²) in [4.78, 5) is 23.7. The topological polar surface area (TPSA) is 47.0 Å². The Bertz CT molecular complexity index is 281. The van der Waals surface area contributed by atoms with Gasteiger partial charge in [0.15, 0.2) is 5.78 Å². The second-order valence-corrected chi connectivity index (χ2v) is 3.03. The number of pyridine rings is 1. The van der Waals surface area contributed by atoms with Gasteiger partial charge in [-0.05, 0) is 19.1 Å². The average Bonchev–Trinajstić information content (AvgIpc) is 2.05. The Morgan fingerprint density at radius 1 is 1.38 bits per heavy atom. The number of hydrogen-bond donors (Lipinski definition) is 0. The molecule has 0 atom stereocenters.